The summed E-state index contributed by atoms with van der Waals surface area (Å²) in [4.78, 5) is 21.1. The van der Waals surface area contributed by atoms with E-state index in [1.54, 1.807) is 6.92 Å². The van der Waals surface area contributed by atoms with Gasteiger partial charge >= 0.3 is 5.97 Å². The molecule has 0 atom stereocenters. The van der Waals surface area contributed by atoms with E-state index in [9.17, 15) is 23.3 Å². The van der Waals surface area contributed by atoms with E-state index in [0.717, 1.165) is 4.31 Å². The summed E-state index contributed by atoms with van der Waals surface area (Å²) in [6.07, 6.45) is -0.128. The number of aryl methyl sites for hydroxylation is 1. The van der Waals surface area contributed by atoms with Gasteiger partial charge in [-0.15, -0.1) is 0 Å². The lowest BCUT2D eigenvalue weighted by Crippen LogP contribution is -2.33. The third kappa shape index (κ3) is 4.95. The standard InChI is InChI=1S/C17H17ClN2O6S/c1-12-11-14(20(23)24)6-9-16(12)19(10-2-3-17(21)22)27(25,26)15-7-4-13(18)5-8-15/h4-9,11H,2-3,10H2,1H3,(H,21,22). The van der Waals surface area contributed by atoms with Gasteiger partial charge in [0.2, 0.25) is 0 Å². The highest BCUT2D eigenvalue weighted by molar-refractivity contribution is 7.92. The monoisotopic (exact) mass is 412 g/mol. The quantitative estimate of drug-likeness (QED) is 0.522. The lowest BCUT2D eigenvalue weighted by molar-refractivity contribution is -0.384. The van der Waals surface area contributed by atoms with Crippen LogP contribution < -0.4 is 4.31 Å². The Morgan fingerprint density at radius 1 is 1.22 bits per heavy atom. The summed E-state index contributed by atoms with van der Waals surface area (Å²) in [7, 11) is -4.01. The maximum absolute atomic E-state index is 13.1. The van der Waals surface area contributed by atoms with Crippen LogP contribution in [0, 0.1) is 17.0 Å². The van der Waals surface area contributed by atoms with Gasteiger partial charge in [-0.3, -0.25) is 19.2 Å². The molecule has 8 nitrogen and oxygen atoms in total. The largest absolute Gasteiger partial charge is 0.481 e. The van der Waals surface area contributed by atoms with Crippen LogP contribution in [0.4, 0.5) is 11.4 Å². The van der Waals surface area contributed by atoms with Crippen molar-refractivity contribution in [3.63, 3.8) is 0 Å². The Hall–Kier alpha value is -2.65. The van der Waals surface area contributed by atoms with Crippen molar-refractivity contribution >= 4 is 39.0 Å². The highest BCUT2D eigenvalue weighted by Crippen LogP contribution is 2.30. The summed E-state index contributed by atoms with van der Waals surface area (Å²) >= 11 is 5.81. The molecule has 0 aromatic heterocycles. The molecular weight excluding hydrogens is 396 g/mol. The number of aliphatic carboxylic acids is 1. The summed E-state index contributed by atoms with van der Waals surface area (Å²) in [6.45, 7) is 1.47. The van der Waals surface area contributed by atoms with Gasteiger partial charge in [0.05, 0.1) is 15.5 Å². The maximum atomic E-state index is 13.1. The number of nitro groups is 1. The summed E-state index contributed by atoms with van der Waals surface area (Å²) in [5, 5.41) is 20.1. The van der Waals surface area contributed by atoms with Crippen molar-refractivity contribution in [2.75, 3.05) is 10.8 Å². The van der Waals surface area contributed by atoms with Gasteiger partial charge in [-0.1, -0.05) is 11.6 Å². The number of sulfonamides is 1. The van der Waals surface area contributed by atoms with Gasteiger partial charge in [0.15, 0.2) is 0 Å². The van der Waals surface area contributed by atoms with Gasteiger partial charge < -0.3 is 5.11 Å². The number of hydrogen-bond donors (Lipinski definition) is 1. The molecule has 0 unspecified atom stereocenters. The Bertz CT molecular complexity index is 960. The molecular formula is C17H17ClN2O6S. The van der Waals surface area contributed by atoms with Gasteiger partial charge in [0.25, 0.3) is 15.7 Å². The van der Waals surface area contributed by atoms with Crippen molar-refractivity contribution in [3.05, 3.63) is 63.2 Å². The first-order valence-electron chi connectivity index (χ1n) is 7.88. The molecule has 0 aliphatic heterocycles. The van der Waals surface area contributed by atoms with Crippen LogP contribution in [-0.4, -0.2) is 31.0 Å². The SMILES string of the molecule is Cc1cc([N+](=O)[O-])ccc1N(CCCC(=O)O)S(=O)(=O)c1ccc(Cl)cc1. The zero-order valence-corrected chi connectivity index (χ0v) is 15.9. The minimum absolute atomic E-state index is 0.0139. The molecule has 0 saturated heterocycles. The van der Waals surface area contributed by atoms with Gasteiger partial charge in [0, 0.05) is 30.1 Å². The molecule has 0 amide bonds. The van der Waals surface area contributed by atoms with Gasteiger partial charge in [-0.2, -0.15) is 0 Å². The predicted octanol–water partition coefficient (Wildman–Crippen LogP) is 3.62. The Kier molecular flexibility index (Phi) is 6.40. The fourth-order valence-electron chi connectivity index (χ4n) is 2.51. The van der Waals surface area contributed by atoms with Gasteiger partial charge in [0.1, 0.15) is 0 Å². The zero-order valence-electron chi connectivity index (χ0n) is 14.3. The molecule has 0 aliphatic rings. The molecule has 10 heteroatoms. The first-order valence-corrected chi connectivity index (χ1v) is 9.70. The van der Waals surface area contributed by atoms with Gasteiger partial charge in [-0.05, 0) is 49.2 Å². The van der Waals surface area contributed by atoms with Crippen LogP contribution in [0.3, 0.4) is 0 Å². The van der Waals surface area contributed by atoms with Crippen LogP contribution in [-0.2, 0) is 14.8 Å². The van der Waals surface area contributed by atoms with Crippen molar-refractivity contribution in [2.45, 2.75) is 24.7 Å². The van der Waals surface area contributed by atoms with Crippen molar-refractivity contribution < 1.29 is 23.2 Å². The van der Waals surface area contributed by atoms with Crippen LogP contribution in [0.2, 0.25) is 5.02 Å². The zero-order chi connectivity index (χ0) is 20.2. The maximum Gasteiger partial charge on any atom is 0.303 e. The lowest BCUT2D eigenvalue weighted by Gasteiger charge is -2.26. The van der Waals surface area contributed by atoms with E-state index in [-0.39, 0.29) is 35.7 Å². The second-order valence-electron chi connectivity index (χ2n) is 5.76. The number of non-ortho nitro benzene ring substituents is 1. The van der Waals surface area contributed by atoms with Crippen LogP contribution in [0.15, 0.2) is 47.4 Å². The third-order valence-electron chi connectivity index (χ3n) is 3.81. The van der Waals surface area contributed by atoms with Crippen molar-refractivity contribution in [1.82, 2.24) is 0 Å². The van der Waals surface area contributed by atoms with E-state index in [1.807, 2.05) is 0 Å². The molecule has 0 spiro atoms. The Morgan fingerprint density at radius 3 is 2.37 bits per heavy atom. The van der Waals surface area contributed by atoms with Crippen molar-refractivity contribution in [1.29, 1.82) is 0 Å². The summed E-state index contributed by atoms with van der Waals surface area (Å²) in [5.74, 6) is -1.04. The van der Waals surface area contributed by atoms with Gasteiger partial charge in [-0.25, -0.2) is 8.42 Å². The van der Waals surface area contributed by atoms with E-state index in [0.29, 0.717) is 10.6 Å². The normalized spacial score (nSPS) is 11.2. The second-order valence-corrected chi connectivity index (χ2v) is 8.06. The first-order chi connectivity index (χ1) is 12.6. The topological polar surface area (TPSA) is 118 Å². The first kappa shape index (κ1) is 20.7. The van der Waals surface area contributed by atoms with Crippen LogP contribution in [0.25, 0.3) is 0 Å². The smallest absolute Gasteiger partial charge is 0.303 e. The molecule has 2 rings (SSSR count). The van der Waals surface area contributed by atoms with Crippen LogP contribution in [0.5, 0.6) is 0 Å². The lowest BCUT2D eigenvalue weighted by atomic mass is 10.1. The molecule has 2 aromatic carbocycles. The Morgan fingerprint density at radius 2 is 1.85 bits per heavy atom. The molecule has 144 valence electrons. The van der Waals surface area contributed by atoms with E-state index in [1.165, 1.54) is 42.5 Å². The van der Waals surface area contributed by atoms with E-state index >= 15 is 0 Å². The van der Waals surface area contributed by atoms with Crippen LogP contribution in [0.1, 0.15) is 18.4 Å². The molecule has 1 N–H and O–H groups in total. The fraction of sp³-hybridized carbons (Fsp3) is 0.235. The van der Waals surface area contributed by atoms with Crippen molar-refractivity contribution in [3.8, 4) is 0 Å². The number of nitro benzene ring substituents is 1. The molecule has 0 radical (unpaired) electrons. The number of benzene rings is 2. The number of anilines is 1. The molecule has 0 fully saturated rings. The highest BCUT2D eigenvalue weighted by Gasteiger charge is 2.27. The molecule has 2 aromatic rings. The minimum Gasteiger partial charge on any atom is -0.481 e. The number of hydrogen-bond acceptors (Lipinski definition) is 5. The Labute approximate surface area is 161 Å². The summed E-state index contributed by atoms with van der Waals surface area (Å²) < 4.78 is 27.3. The Balaban J connectivity index is 2.49. The average molecular weight is 413 g/mol. The van der Waals surface area contributed by atoms with E-state index in [4.69, 9.17) is 16.7 Å². The second kappa shape index (κ2) is 8.36. The van der Waals surface area contributed by atoms with Crippen molar-refractivity contribution in [2.24, 2.45) is 0 Å². The minimum atomic E-state index is -4.01. The molecule has 27 heavy (non-hydrogen) atoms. The number of nitrogens with zero attached hydrogens (tertiary/aromatic N) is 2. The van der Waals surface area contributed by atoms with E-state index < -0.39 is 20.9 Å². The summed E-state index contributed by atoms with van der Waals surface area (Å²) in [5.41, 5.74) is 0.476. The number of carboxylic acid groups (broad SMARTS) is 1. The number of rotatable bonds is 8. The highest BCUT2D eigenvalue weighted by atomic mass is 35.5. The number of halogens is 1. The van der Waals surface area contributed by atoms with Crippen LogP contribution >= 0.6 is 11.6 Å². The summed E-state index contributed by atoms with van der Waals surface area (Å²) in [6, 6.07) is 9.41. The number of carbonyl (C=O) groups is 1. The molecule has 0 aliphatic carbocycles. The van der Waals surface area contributed by atoms with E-state index in [2.05, 4.69) is 0 Å². The third-order valence-corrected chi connectivity index (χ3v) is 5.89. The number of carboxylic acids is 1. The molecule has 0 heterocycles. The molecule has 0 bridgehead atoms. The fourth-order valence-corrected chi connectivity index (χ4v) is 4.20. The predicted molar refractivity (Wildman–Crippen MR) is 101 cm³/mol. The average Bonchev–Trinajstić information content (AvgIpc) is 2.59. The molecule has 0 saturated carbocycles.